The van der Waals surface area contributed by atoms with Crippen molar-refractivity contribution in [2.45, 2.75) is 26.3 Å². The standard InChI is InChI=1S/C16H20BrNOS/c1-3-18-14(11-12-9-10-16(17)20-12)13-7-5-6-8-15(13)19-4-2/h5-10,14,18H,3-4,11H2,1-2H3. The lowest BCUT2D eigenvalue weighted by atomic mass is 10.0. The van der Waals surface area contributed by atoms with Crippen molar-refractivity contribution in [2.75, 3.05) is 13.2 Å². The second-order valence-corrected chi connectivity index (χ2v) is 7.04. The predicted octanol–water partition coefficient (Wildman–Crippen LogP) is 4.80. The fraction of sp³-hybridized carbons (Fsp3) is 0.375. The van der Waals surface area contributed by atoms with Crippen LogP contribution in [0.1, 0.15) is 30.3 Å². The van der Waals surface area contributed by atoms with Gasteiger partial charge in [0.15, 0.2) is 0 Å². The number of benzene rings is 1. The summed E-state index contributed by atoms with van der Waals surface area (Å²) < 4.78 is 6.94. The van der Waals surface area contributed by atoms with E-state index in [9.17, 15) is 0 Å². The predicted molar refractivity (Wildman–Crippen MR) is 89.8 cm³/mol. The van der Waals surface area contributed by atoms with Crippen molar-refractivity contribution in [2.24, 2.45) is 0 Å². The van der Waals surface area contributed by atoms with Crippen LogP contribution in [0.15, 0.2) is 40.2 Å². The molecule has 0 saturated carbocycles. The topological polar surface area (TPSA) is 21.3 Å². The van der Waals surface area contributed by atoms with Crippen molar-refractivity contribution in [1.29, 1.82) is 0 Å². The van der Waals surface area contributed by atoms with E-state index in [2.05, 4.69) is 52.4 Å². The Bertz CT molecular complexity index is 541. The van der Waals surface area contributed by atoms with Crippen molar-refractivity contribution < 1.29 is 4.74 Å². The normalized spacial score (nSPS) is 12.3. The number of halogens is 1. The number of rotatable bonds is 7. The fourth-order valence-corrected chi connectivity index (χ4v) is 3.79. The molecular formula is C16H20BrNOS. The zero-order valence-corrected chi connectivity index (χ0v) is 14.3. The molecule has 0 saturated heterocycles. The Morgan fingerprint density at radius 2 is 2.00 bits per heavy atom. The van der Waals surface area contributed by atoms with Crippen LogP contribution >= 0.6 is 27.3 Å². The summed E-state index contributed by atoms with van der Waals surface area (Å²) in [4.78, 5) is 1.37. The number of nitrogens with one attached hydrogen (secondary N) is 1. The van der Waals surface area contributed by atoms with Gasteiger partial charge in [-0.3, -0.25) is 0 Å². The van der Waals surface area contributed by atoms with Gasteiger partial charge in [0, 0.05) is 22.9 Å². The maximum Gasteiger partial charge on any atom is 0.124 e. The van der Waals surface area contributed by atoms with Gasteiger partial charge in [0.25, 0.3) is 0 Å². The monoisotopic (exact) mass is 353 g/mol. The lowest BCUT2D eigenvalue weighted by molar-refractivity contribution is 0.331. The number of hydrogen-bond acceptors (Lipinski definition) is 3. The second kappa shape index (κ2) is 7.81. The summed E-state index contributed by atoms with van der Waals surface area (Å²) in [5.74, 6) is 0.983. The summed E-state index contributed by atoms with van der Waals surface area (Å²) in [5.41, 5.74) is 1.24. The molecule has 0 aliphatic carbocycles. The number of hydrogen-bond donors (Lipinski definition) is 1. The van der Waals surface area contributed by atoms with Gasteiger partial charge in [-0.25, -0.2) is 0 Å². The Morgan fingerprint density at radius 3 is 2.65 bits per heavy atom. The summed E-state index contributed by atoms with van der Waals surface area (Å²) in [6.07, 6.45) is 0.980. The molecule has 0 aliphatic heterocycles. The molecule has 108 valence electrons. The van der Waals surface area contributed by atoms with Crippen molar-refractivity contribution >= 4 is 27.3 Å². The first-order chi connectivity index (χ1) is 9.74. The Kier molecular flexibility index (Phi) is 6.07. The van der Waals surface area contributed by atoms with Crippen molar-refractivity contribution in [1.82, 2.24) is 5.32 Å². The zero-order chi connectivity index (χ0) is 14.4. The highest BCUT2D eigenvalue weighted by Gasteiger charge is 2.16. The molecule has 2 rings (SSSR count). The third-order valence-corrected chi connectivity index (χ3v) is 4.72. The average molecular weight is 354 g/mol. The Labute approximate surface area is 133 Å². The van der Waals surface area contributed by atoms with E-state index in [4.69, 9.17) is 4.74 Å². The zero-order valence-electron chi connectivity index (χ0n) is 11.9. The molecule has 2 nitrogen and oxygen atoms in total. The smallest absolute Gasteiger partial charge is 0.124 e. The SMILES string of the molecule is CCNC(Cc1ccc(Br)s1)c1ccccc1OCC. The van der Waals surface area contributed by atoms with Crippen LogP contribution in [-0.2, 0) is 6.42 Å². The highest BCUT2D eigenvalue weighted by molar-refractivity contribution is 9.11. The van der Waals surface area contributed by atoms with E-state index in [1.807, 2.05) is 19.1 Å². The Balaban J connectivity index is 2.23. The van der Waals surface area contributed by atoms with Crippen molar-refractivity contribution in [3.8, 4) is 5.75 Å². The minimum absolute atomic E-state index is 0.285. The van der Waals surface area contributed by atoms with Gasteiger partial charge in [0.2, 0.25) is 0 Å². The van der Waals surface area contributed by atoms with Gasteiger partial charge in [0.05, 0.1) is 10.4 Å². The molecule has 0 fully saturated rings. The Morgan fingerprint density at radius 1 is 1.20 bits per heavy atom. The van der Waals surface area contributed by atoms with Gasteiger partial charge >= 0.3 is 0 Å². The summed E-state index contributed by atoms with van der Waals surface area (Å²) >= 11 is 5.32. The molecule has 2 aromatic rings. The van der Waals surface area contributed by atoms with E-state index in [0.29, 0.717) is 6.61 Å². The van der Waals surface area contributed by atoms with Crippen LogP contribution in [0.4, 0.5) is 0 Å². The average Bonchev–Trinajstić information content (AvgIpc) is 2.85. The molecule has 0 spiro atoms. The van der Waals surface area contributed by atoms with Gasteiger partial charge in [-0.2, -0.15) is 0 Å². The van der Waals surface area contributed by atoms with Gasteiger partial charge in [-0.1, -0.05) is 25.1 Å². The highest BCUT2D eigenvalue weighted by atomic mass is 79.9. The van der Waals surface area contributed by atoms with Gasteiger partial charge in [0.1, 0.15) is 5.75 Å². The molecule has 0 amide bonds. The van der Waals surface area contributed by atoms with Crippen LogP contribution in [0.25, 0.3) is 0 Å². The quantitative estimate of drug-likeness (QED) is 0.771. The molecule has 1 N–H and O–H groups in total. The summed E-state index contributed by atoms with van der Waals surface area (Å²) in [6.45, 7) is 5.80. The van der Waals surface area contributed by atoms with Crippen LogP contribution in [0.2, 0.25) is 0 Å². The third-order valence-electron chi connectivity index (χ3n) is 3.08. The fourth-order valence-electron chi connectivity index (χ4n) is 2.26. The van der Waals surface area contributed by atoms with Crippen molar-refractivity contribution in [3.05, 3.63) is 50.6 Å². The Hall–Kier alpha value is -0.840. The number of thiophene rings is 1. The first-order valence-corrected chi connectivity index (χ1v) is 8.54. The van der Waals surface area contributed by atoms with Gasteiger partial charge in [-0.15, -0.1) is 11.3 Å². The molecule has 0 bridgehead atoms. The van der Waals surface area contributed by atoms with Crippen LogP contribution < -0.4 is 10.1 Å². The van der Waals surface area contributed by atoms with Crippen LogP contribution in [-0.4, -0.2) is 13.2 Å². The molecule has 20 heavy (non-hydrogen) atoms. The minimum Gasteiger partial charge on any atom is -0.494 e. The number of para-hydroxylation sites is 1. The van der Waals surface area contributed by atoms with E-state index < -0.39 is 0 Å². The molecule has 1 heterocycles. The van der Waals surface area contributed by atoms with E-state index in [-0.39, 0.29) is 6.04 Å². The van der Waals surface area contributed by atoms with Gasteiger partial charge in [-0.05, 0) is 47.6 Å². The van der Waals surface area contributed by atoms with E-state index >= 15 is 0 Å². The molecular weight excluding hydrogens is 334 g/mol. The summed E-state index contributed by atoms with van der Waals surface area (Å²) in [5, 5.41) is 3.57. The first kappa shape index (κ1) is 15.5. The minimum atomic E-state index is 0.285. The van der Waals surface area contributed by atoms with Crippen LogP contribution in [0.5, 0.6) is 5.75 Å². The van der Waals surface area contributed by atoms with Crippen LogP contribution in [0, 0.1) is 0 Å². The molecule has 4 heteroatoms. The van der Waals surface area contributed by atoms with Crippen LogP contribution in [0.3, 0.4) is 0 Å². The molecule has 1 atom stereocenters. The highest BCUT2D eigenvalue weighted by Crippen LogP contribution is 2.31. The summed E-state index contributed by atoms with van der Waals surface area (Å²) in [7, 11) is 0. The maximum absolute atomic E-state index is 5.76. The number of ether oxygens (including phenoxy) is 1. The van der Waals surface area contributed by atoms with Crippen molar-refractivity contribution in [3.63, 3.8) is 0 Å². The number of likely N-dealkylation sites (N-methyl/N-ethyl adjacent to an activating group) is 1. The molecule has 0 radical (unpaired) electrons. The largest absolute Gasteiger partial charge is 0.494 e. The second-order valence-electron chi connectivity index (χ2n) is 4.49. The molecule has 1 aromatic heterocycles. The molecule has 1 aromatic carbocycles. The van der Waals surface area contributed by atoms with E-state index in [1.165, 1.54) is 14.2 Å². The molecule has 1 unspecified atom stereocenters. The lowest BCUT2D eigenvalue weighted by Crippen LogP contribution is -2.23. The van der Waals surface area contributed by atoms with E-state index in [1.54, 1.807) is 11.3 Å². The maximum atomic E-state index is 5.76. The molecule has 0 aliphatic rings. The first-order valence-electron chi connectivity index (χ1n) is 6.93. The third kappa shape index (κ3) is 4.08. The summed E-state index contributed by atoms with van der Waals surface area (Å²) in [6, 6.07) is 12.9. The lowest BCUT2D eigenvalue weighted by Gasteiger charge is -2.20. The van der Waals surface area contributed by atoms with Gasteiger partial charge < -0.3 is 10.1 Å². The van der Waals surface area contributed by atoms with E-state index in [0.717, 1.165) is 18.7 Å².